The molecule has 4 N–H and O–H groups in total. The van der Waals surface area contributed by atoms with E-state index in [-0.39, 0.29) is 11.9 Å². The third kappa shape index (κ3) is 5.38. The maximum Gasteiger partial charge on any atom is 0.319 e. The summed E-state index contributed by atoms with van der Waals surface area (Å²) in [7, 11) is 3.21. The third-order valence-corrected chi connectivity index (χ3v) is 6.19. The van der Waals surface area contributed by atoms with Crippen LogP contribution in [0.2, 0.25) is 0 Å². The Labute approximate surface area is 201 Å². The molecule has 4 rings (SSSR count). The number of aromatic nitrogens is 2. The molecule has 1 aromatic heterocycles. The van der Waals surface area contributed by atoms with Crippen molar-refractivity contribution >= 4 is 40.3 Å². The van der Waals surface area contributed by atoms with Gasteiger partial charge < -0.3 is 20.7 Å². The molecule has 3 amide bonds. The zero-order valence-electron chi connectivity index (χ0n) is 18.8. The van der Waals surface area contributed by atoms with E-state index in [4.69, 9.17) is 4.74 Å². The van der Waals surface area contributed by atoms with Gasteiger partial charge in [0.25, 0.3) is 5.91 Å². The maximum absolute atomic E-state index is 12.2. The fourth-order valence-corrected chi connectivity index (χ4v) is 4.42. The van der Waals surface area contributed by atoms with E-state index in [1.54, 1.807) is 14.2 Å². The molecular weight excluding hydrogens is 450 g/mol. The number of rotatable bonds is 8. The molecule has 0 unspecified atom stereocenters. The second-order valence-corrected chi connectivity index (χ2v) is 8.52. The predicted molar refractivity (Wildman–Crippen MR) is 134 cm³/mol. The summed E-state index contributed by atoms with van der Waals surface area (Å²) in [6.45, 7) is 0.900. The number of anilines is 1. The van der Waals surface area contributed by atoms with E-state index < -0.39 is 0 Å². The quantitative estimate of drug-likeness (QED) is 0.281. The SMILES string of the molecule is CNC(=O)c1ccccc1Sc1ccc2c(-c3ccc(NC(=O)NCCOC)cc3)n[nH]c2c1. The first-order valence-electron chi connectivity index (χ1n) is 10.7. The van der Waals surface area contributed by atoms with Gasteiger partial charge in [0, 0.05) is 47.1 Å². The highest BCUT2D eigenvalue weighted by Gasteiger charge is 2.13. The Morgan fingerprint density at radius 2 is 1.85 bits per heavy atom. The highest BCUT2D eigenvalue weighted by molar-refractivity contribution is 7.99. The summed E-state index contributed by atoms with van der Waals surface area (Å²) in [4.78, 5) is 25.9. The standard InChI is InChI=1S/C25H25N5O3S/c1-26-24(31)20-5-3-4-6-22(20)34-18-11-12-19-21(15-18)29-30-23(19)16-7-9-17(10-8-16)28-25(32)27-13-14-33-2/h3-12,15H,13-14H2,1-2H3,(H,26,31)(H,29,30)(H2,27,28,32). The van der Waals surface area contributed by atoms with Gasteiger partial charge in [0.15, 0.2) is 0 Å². The van der Waals surface area contributed by atoms with Gasteiger partial charge in [0.1, 0.15) is 0 Å². The van der Waals surface area contributed by atoms with E-state index in [0.29, 0.717) is 24.4 Å². The Morgan fingerprint density at radius 1 is 1.06 bits per heavy atom. The molecule has 34 heavy (non-hydrogen) atoms. The van der Waals surface area contributed by atoms with Crippen LogP contribution in [0.1, 0.15) is 10.4 Å². The van der Waals surface area contributed by atoms with Gasteiger partial charge in [-0.15, -0.1) is 0 Å². The summed E-state index contributed by atoms with van der Waals surface area (Å²) in [5.41, 5.74) is 3.99. The van der Waals surface area contributed by atoms with Crippen molar-refractivity contribution in [2.45, 2.75) is 9.79 Å². The molecule has 0 aliphatic heterocycles. The van der Waals surface area contributed by atoms with Crippen molar-refractivity contribution in [2.24, 2.45) is 0 Å². The van der Waals surface area contributed by atoms with Crippen LogP contribution in [0.4, 0.5) is 10.5 Å². The number of fused-ring (bicyclic) bond motifs is 1. The van der Waals surface area contributed by atoms with Crippen LogP contribution < -0.4 is 16.0 Å². The van der Waals surface area contributed by atoms with E-state index >= 15 is 0 Å². The van der Waals surface area contributed by atoms with E-state index in [0.717, 1.165) is 32.0 Å². The summed E-state index contributed by atoms with van der Waals surface area (Å²) in [5.74, 6) is -0.113. The molecule has 0 radical (unpaired) electrons. The largest absolute Gasteiger partial charge is 0.383 e. The molecule has 0 spiro atoms. The summed E-state index contributed by atoms with van der Waals surface area (Å²) in [5, 5.41) is 16.8. The molecule has 0 saturated heterocycles. The minimum absolute atomic E-state index is 0.113. The fraction of sp³-hybridized carbons (Fsp3) is 0.160. The number of hydrogen-bond donors (Lipinski definition) is 4. The predicted octanol–water partition coefficient (Wildman–Crippen LogP) is 4.51. The first-order valence-corrected chi connectivity index (χ1v) is 11.5. The molecule has 8 nitrogen and oxygen atoms in total. The monoisotopic (exact) mass is 475 g/mol. The second kappa shape index (κ2) is 10.9. The van der Waals surface area contributed by atoms with Crippen LogP contribution in [-0.2, 0) is 4.74 Å². The van der Waals surface area contributed by atoms with E-state index in [9.17, 15) is 9.59 Å². The number of ether oxygens (including phenoxy) is 1. The molecule has 9 heteroatoms. The minimum atomic E-state index is -0.280. The van der Waals surface area contributed by atoms with Crippen LogP contribution in [0.3, 0.4) is 0 Å². The molecule has 3 aromatic carbocycles. The molecule has 0 aliphatic rings. The minimum Gasteiger partial charge on any atom is -0.383 e. The lowest BCUT2D eigenvalue weighted by Gasteiger charge is -2.08. The van der Waals surface area contributed by atoms with Gasteiger partial charge in [-0.25, -0.2) is 4.79 Å². The van der Waals surface area contributed by atoms with Gasteiger partial charge in [0.05, 0.1) is 23.4 Å². The third-order valence-electron chi connectivity index (χ3n) is 5.13. The average Bonchev–Trinajstić information content (AvgIpc) is 3.28. The molecular formula is C25H25N5O3S. The molecule has 0 atom stereocenters. The molecule has 1 heterocycles. The molecule has 4 aromatic rings. The van der Waals surface area contributed by atoms with Crippen molar-refractivity contribution in [3.8, 4) is 11.3 Å². The van der Waals surface area contributed by atoms with Crippen LogP contribution in [-0.4, -0.2) is 49.4 Å². The highest BCUT2D eigenvalue weighted by Crippen LogP contribution is 2.34. The zero-order chi connectivity index (χ0) is 23.9. The van der Waals surface area contributed by atoms with E-state index in [1.165, 1.54) is 11.8 Å². The normalized spacial score (nSPS) is 10.8. The van der Waals surface area contributed by atoms with E-state index in [1.807, 2.05) is 66.7 Å². The lowest BCUT2D eigenvalue weighted by Crippen LogP contribution is -2.31. The van der Waals surface area contributed by atoms with Crippen molar-refractivity contribution in [3.05, 3.63) is 72.3 Å². The number of aromatic amines is 1. The Morgan fingerprint density at radius 3 is 2.62 bits per heavy atom. The lowest BCUT2D eigenvalue weighted by molar-refractivity contribution is 0.0960. The second-order valence-electron chi connectivity index (χ2n) is 7.41. The van der Waals surface area contributed by atoms with Gasteiger partial charge in [0.2, 0.25) is 0 Å². The number of carbonyl (C=O) groups is 2. The van der Waals surface area contributed by atoms with Crippen LogP contribution in [0.15, 0.2) is 76.5 Å². The molecule has 174 valence electrons. The number of nitrogens with zero attached hydrogens (tertiary/aromatic N) is 1. The van der Waals surface area contributed by atoms with Gasteiger partial charge in [-0.05, 0) is 42.5 Å². The Hall–Kier alpha value is -3.82. The van der Waals surface area contributed by atoms with Crippen molar-refractivity contribution in [1.29, 1.82) is 0 Å². The molecule has 0 aliphatic carbocycles. The lowest BCUT2D eigenvalue weighted by atomic mass is 10.1. The molecule has 0 fully saturated rings. The van der Waals surface area contributed by atoms with Crippen molar-refractivity contribution in [2.75, 3.05) is 32.6 Å². The van der Waals surface area contributed by atoms with Gasteiger partial charge in [-0.2, -0.15) is 5.10 Å². The Balaban J connectivity index is 1.50. The zero-order valence-corrected chi connectivity index (χ0v) is 19.7. The summed E-state index contributed by atoms with van der Waals surface area (Å²) < 4.78 is 4.92. The van der Waals surface area contributed by atoms with Crippen molar-refractivity contribution in [1.82, 2.24) is 20.8 Å². The first-order chi connectivity index (χ1) is 16.6. The van der Waals surface area contributed by atoms with Crippen LogP contribution in [0.25, 0.3) is 22.2 Å². The molecule has 0 bridgehead atoms. The number of urea groups is 1. The van der Waals surface area contributed by atoms with Gasteiger partial charge in [-0.3, -0.25) is 9.89 Å². The highest BCUT2D eigenvalue weighted by atomic mass is 32.2. The van der Waals surface area contributed by atoms with Crippen LogP contribution in [0, 0.1) is 0 Å². The number of carbonyl (C=O) groups excluding carboxylic acids is 2. The molecule has 0 saturated carbocycles. The Kier molecular flexibility index (Phi) is 7.46. The maximum atomic E-state index is 12.2. The van der Waals surface area contributed by atoms with Crippen LogP contribution >= 0.6 is 11.8 Å². The topological polar surface area (TPSA) is 108 Å². The fourth-order valence-electron chi connectivity index (χ4n) is 3.44. The number of methoxy groups -OCH3 is 1. The summed E-state index contributed by atoms with van der Waals surface area (Å²) >= 11 is 1.53. The van der Waals surface area contributed by atoms with Crippen LogP contribution in [0.5, 0.6) is 0 Å². The van der Waals surface area contributed by atoms with Gasteiger partial charge >= 0.3 is 6.03 Å². The summed E-state index contributed by atoms with van der Waals surface area (Å²) in [6.07, 6.45) is 0. The van der Waals surface area contributed by atoms with Crippen molar-refractivity contribution in [3.63, 3.8) is 0 Å². The smallest absolute Gasteiger partial charge is 0.319 e. The number of H-pyrrole nitrogens is 1. The van der Waals surface area contributed by atoms with Gasteiger partial charge in [-0.1, -0.05) is 36.0 Å². The number of nitrogens with one attached hydrogen (secondary N) is 4. The van der Waals surface area contributed by atoms with Crippen molar-refractivity contribution < 1.29 is 14.3 Å². The number of amides is 3. The summed E-state index contributed by atoms with van der Waals surface area (Å²) in [6, 6.07) is 20.8. The number of hydrogen-bond acceptors (Lipinski definition) is 5. The average molecular weight is 476 g/mol. The first kappa shape index (κ1) is 23.3. The van der Waals surface area contributed by atoms with E-state index in [2.05, 4.69) is 26.1 Å². The number of benzene rings is 3. The Bertz CT molecular complexity index is 1300.